The van der Waals surface area contributed by atoms with Crippen LogP contribution in [0, 0.1) is 10.1 Å². The lowest BCUT2D eigenvalue weighted by atomic mass is 10.1. The molecule has 0 amide bonds. The number of rotatable bonds is 6. The number of nitrogens with one attached hydrogen (secondary N) is 1. The van der Waals surface area contributed by atoms with Crippen LogP contribution < -0.4 is 5.32 Å². The zero-order chi connectivity index (χ0) is 12.8. The van der Waals surface area contributed by atoms with Crippen LogP contribution in [-0.4, -0.2) is 11.5 Å². The van der Waals surface area contributed by atoms with Crippen LogP contribution in [0.1, 0.15) is 10.4 Å². The number of nitrogens with zero attached hydrogens (tertiary/aromatic N) is 1. The van der Waals surface area contributed by atoms with Gasteiger partial charge in [0.2, 0.25) is 0 Å². The van der Waals surface area contributed by atoms with E-state index in [1.54, 1.807) is 23.5 Å². The van der Waals surface area contributed by atoms with Gasteiger partial charge >= 0.3 is 0 Å². The van der Waals surface area contributed by atoms with Gasteiger partial charge in [-0.25, -0.2) is 0 Å². The standard InChI is InChI=1S/C13H14N2O2S/c16-15(17)13-6-2-1-4-11(13)7-8-14-10-12-5-3-9-18-12/h1-6,9,14H,7-8,10H2. The van der Waals surface area contributed by atoms with Gasteiger partial charge in [-0.2, -0.15) is 0 Å². The summed E-state index contributed by atoms with van der Waals surface area (Å²) in [6.45, 7) is 1.56. The first kappa shape index (κ1) is 12.7. The Balaban J connectivity index is 1.85. The molecule has 1 aromatic carbocycles. The summed E-state index contributed by atoms with van der Waals surface area (Å²) in [7, 11) is 0. The van der Waals surface area contributed by atoms with Gasteiger partial charge in [-0.3, -0.25) is 10.1 Å². The predicted octanol–water partition coefficient (Wildman–Crippen LogP) is 2.99. The van der Waals surface area contributed by atoms with Crippen LogP contribution in [-0.2, 0) is 13.0 Å². The largest absolute Gasteiger partial charge is 0.312 e. The molecule has 0 radical (unpaired) electrons. The molecule has 2 aromatic rings. The monoisotopic (exact) mass is 262 g/mol. The second-order valence-corrected chi connectivity index (χ2v) is 4.92. The van der Waals surface area contributed by atoms with E-state index in [0.29, 0.717) is 6.42 Å². The topological polar surface area (TPSA) is 55.2 Å². The Bertz CT molecular complexity index is 511. The summed E-state index contributed by atoms with van der Waals surface area (Å²) < 4.78 is 0. The molecule has 0 aliphatic carbocycles. The smallest absolute Gasteiger partial charge is 0.272 e. The van der Waals surface area contributed by atoms with Crippen molar-refractivity contribution >= 4 is 17.0 Å². The number of hydrogen-bond donors (Lipinski definition) is 1. The Morgan fingerprint density at radius 2 is 2.06 bits per heavy atom. The first-order chi connectivity index (χ1) is 8.77. The van der Waals surface area contributed by atoms with Crippen molar-refractivity contribution in [3.63, 3.8) is 0 Å². The molecule has 18 heavy (non-hydrogen) atoms. The number of nitro benzene ring substituents is 1. The van der Waals surface area contributed by atoms with Crippen molar-refractivity contribution in [3.8, 4) is 0 Å². The van der Waals surface area contributed by atoms with E-state index in [2.05, 4.69) is 11.4 Å². The molecule has 1 heterocycles. The Labute approximate surface area is 109 Å². The minimum Gasteiger partial charge on any atom is -0.312 e. The summed E-state index contributed by atoms with van der Waals surface area (Å²) in [6.07, 6.45) is 0.669. The van der Waals surface area contributed by atoms with Gasteiger partial charge in [0.25, 0.3) is 5.69 Å². The molecule has 2 rings (SSSR count). The molecule has 0 unspecified atom stereocenters. The van der Waals surface area contributed by atoms with Gasteiger partial charge in [0.1, 0.15) is 0 Å². The maximum Gasteiger partial charge on any atom is 0.272 e. The zero-order valence-electron chi connectivity index (χ0n) is 9.83. The lowest BCUT2D eigenvalue weighted by Gasteiger charge is -2.04. The molecule has 0 aliphatic rings. The number of benzene rings is 1. The van der Waals surface area contributed by atoms with Crippen LogP contribution in [0.4, 0.5) is 5.69 Å². The molecule has 94 valence electrons. The maximum atomic E-state index is 10.8. The highest BCUT2D eigenvalue weighted by atomic mass is 32.1. The molecule has 0 atom stereocenters. The lowest BCUT2D eigenvalue weighted by Crippen LogP contribution is -2.16. The van der Waals surface area contributed by atoms with E-state index in [0.717, 1.165) is 18.7 Å². The molecule has 0 bridgehead atoms. The van der Waals surface area contributed by atoms with Crippen molar-refractivity contribution in [2.24, 2.45) is 0 Å². The third kappa shape index (κ3) is 3.38. The highest BCUT2D eigenvalue weighted by Crippen LogP contribution is 2.17. The van der Waals surface area contributed by atoms with Crippen molar-refractivity contribution in [2.45, 2.75) is 13.0 Å². The van der Waals surface area contributed by atoms with Gasteiger partial charge in [0, 0.05) is 23.1 Å². The Kier molecular flexibility index (Phi) is 4.44. The summed E-state index contributed by atoms with van der Waals surface area (Å²) in [5, 5.41) is 16.2. The summed E-state index contributed by atoms with van der Waals surface area (Å²) in [5.74, 6) is 0. The molecule has 4 nitrogen and oxygen atoms in total. The second kappa shape index (κ2) is 6.28. The van der Waals surface area contributed by atoms with E-state index >= 15 is 0 Å². The molecule has 1 aromatic heterocycles. The molecule has 1 N–H and O–H groups in total. The number of para-hydroxylation sites is 1. The van der Waals surface area contributed by atoms with Crippen LogP contribution in [0.2, 0.25) is 0 Å². The third-order valence-electron chi connectivity index (χ3n) is 2.64. The average molecular weight is 262 g/mol. The van der Waals surface area contributed by atoms with Gasteiger partial charge in [-0.05, 0) is 24.4 Å². The first-order valence-corrected chi connectivity index (χ1v) is 6.61. The fraction of sp³-hybridized carbons (Fsp3) is 0.231. The van der Waals surface area contributed by atoms with Crippen molar-refractivity contribution < 1.29 is 4.92 Å². The fourth-order valence-corrected chi connectivity index (χ4v) is 2.42. The van der Waals surface area contributed by atoms with Crippen molar-refractivity contribution in [3.05, 3.63) is 62.3 Å². The van der Waals surface area contributed by atoms with Crippen LogP contribution in [0.15, 0.2) is 41.8 Å². The van der Waals surface area contributed by atoms with E-state index in [1.807, 2.05) is 23.6 Å². The molecule has 0 saturated carbocycles. The number of nitro groups is 1. The molecule has 5 heteroatoms. The van der Waals surface area contributed by atoms with E-state index in [4.69, 9.17) is 0 Å². The Morgan fingerprint density at radius 3 is 2.78 bits per heavy atom. The van der Waals surface area contributed by atoms with Gasteiger partial charge in [-0.15, -0.1) is 11.3 Å². The Hall–Kier alpha value is -1.72. The Morgan fingerprint density at radius 1 is 1.22 bits per heavy atom. The average Bonchev–Trinajstić information content (AvgIpc) is 2.88. The summed E-state index contributed by atoms with van der Waals surface area (Å²) >= 11 is 1.71. The van der Waals surface area contributed by atoms with Crippen molar-refractivity contribution in [1.82, 2.24) is 5.32 Å². The molecule has 0 fully saturated rings. The molecule has 0 saturated heterocycles. The fourth-order valence-electron chi connectivity index (χ4n) is 1.75. The van der Waals surface area contributed by atoms with Gasteiger partial charge in [0.15, 0.2) is 0 Å². The summed E-state index contributed by atoms with van der Waals surface area (Å²) in [4.78, 5) is 11.8. The quantitative estimate of drug-likeness (QED) is 0.494. The second-order valence-electron chi connectivity index (χ2n) is 3.89. The number of thiophene rings is 1. The van der Waals surface area contributed by atoms with Crippen molar-refractivity contribution in [1.29, 1.82) is 0 Å². The van der Waals surface area contributed by atoms with Crippen LogP contribution in [0.5, 0.6) is 0 Å². The maximum absolute atomic E-state index is 10.8. The van der Waals surface area contributed by atoms with Crippen LogP contribution in [0.3, 0.4) is 0 Å². The van der Waals surface area contributed by atoms with Crippen molar-refractivity contribution in [2.75, 3.05) is 6.54 Å². The van der Waals surface area contributed by atoms with E-state index in [-0.39, 0.29) is 10.6 Å². The number of hydrogen-bond acceptors (Lipinski definition) is 4. The summed E-state index contributed by atoms with van der Waals surface area (Å²) in [5.41, 5.74) is 0.983. The normalized spacial score (nSPS) is 10.4. The zero-order valence-corrected chi connectivity index (χ0v) is 10.7. The predicted molar refractivity (Wildman–Crippen MR) is 72.8 cm³/mol. The molecular formula is C13H14N2O2S. The molecule has 0 aliphatic heterocycles. The van der Waals surface area contributed by atoms with E-state index in [1.165, 1.54) is 4.88 Å². The minimum atomic E-state index is -0.325. The van der Waals surface area contributed by atoms with E-state index < -0.39 is 0 Å². The highest BCUT2D eigenvalue weighted by molar-refractivity contribution is 7.09. The first-order valence-electron chi connectivity index (χ1n) is 5.73. The molecular weight excluding hydrogens is 248 g/mol. The minimum absolute atomic E-state index is 0.204. The van der Waals surface area contributed by atoms with Gasteiger partial charge in [-0.1, -0.05) is 24.3 Å². The molecule has 0 spiro atoms. The SMILES string of the molecule is O=[N+]([O-])c1ccccc1CCNCc1cccs1. The third-order valence-corrected chi connectivity index (χ3v) is 3.52. The van der Waals surface area contributed by atoms with Crippen LogP contribution >= 0.6 is 11.3 Å². The van der Waals surface area contributed by atoms with Gasteiger partial charge < -0.3 is 5.32 Å². The van der Waals surface area contributed by atoms with Gasteiger partial charge in [0.05, 0.1) is 4.92 Å². The highest BCUT2D eigenvalue weighted by Gasteiger charge is 2.11. The summed E-state index contributed by atoms with van der Waals surface area (Å²) in [6, 6.07) is 11.0. The lowest BCUT2D eigenvalue weighted by molar-refractivity contribution is -0.385. The van der Waals surface area contributed by atoms with E-state index in [9.17, 15) is 10.1 Å². The van der Waals surface area contributed by atoms with Crippen LogP contribution in [0.25, 0.3) is 0 Å².